The summed E-state index contributed by atoms with van der Waals surface area (Å²) < 4.78 is 8.45. The molecule has 8 aromatic carbocycles. The largest absolute Gasteiger partial charge is 0.455 e. The van der Waals surface area contributed by atoms with Crippen molar-refractivity contribution in [2.24, 2.45) is 0 Å². The van der Waals surface area contributed by atoms with E-state index in [-0.39, 0.29) is 23.1 Å². The van der Waals surface area contributed by atoms with Crippen molar-refractivity contribution in [3.63, 3.8) is 0 Å². The fourth-order valence-corrected chi connectivity index (χ4v) is 13.0. The number of furan rings is 1. The van der Waals surface area contributed by atoms with Crippen LogP contribution in [0.5, 0.6) is 0 Å². The minimum absolute atomic E-state index is 0.0333. The third kappa shape index (κ3) is 6.03. The van der Waals surface area contributed by atoms with Crippen molar-refractivity contribution in [2.75, 3.05) is 9.71 Å². The van der Waals surface area contributed by atoms with Crippen LogP contribution in [0.25, 0.3) is 65.4 Å². The zero-order valence-electron chi connectivity index (χ0n) is 39.4. The van der Waals surface area contributed by atoms with Crippen molar-refractivity contribution in [2.45, 2.75) is 77.6 Å². The molecule has 0 radical (unpaired) electrons. The highest BCUT2D eigenvalue weighted by atomic mass is 32.1. The van der Waals surface area contributed by atoms with E-state index in [9.17, 15) is 0 Å². The van der Waals surface area contributed by atoms with E-state index in [1.165, 1.54) is 105 Å². The Balaban J connectivity index is 1.20. The van der Waals surface area contributed by atoms with Crippen LogP contribution in [-0.4, -0.2) is 6.85 Å². The van der Waals surface area contributed by atoms with Crippen LogP contribution in [0.3, 0.4) is 0 Å². The zero-order chi connectivity index (χ0) is 45.6. The van der Waals surface area contributed by atoms with Crippen molar-refractivity contribution in [1.29, 1.82) is 0 Å². The Hall–Kier alpha value is -6.82. The number of benzene rings is 8. The van der Waals surface area contributed by atoms with Gasteiger partial charge in [0.25, 0.3) is 0 Å². The molecule has 0 atom stereocenters. The first kappa shape index (κ1) is 40.5. The quantitative estimate of drug-likeness (QED) is 0.164. The summed E-state index contributed by atoms with van der Waals surface area (Å²) in [7, 11) is 0. The molecule has 2 aromatic heterocycles. The average Bonchev–Trinajstić information content (AvgIpc) is 3.91. The van der Waals surface area contributed by atoms with Gasteiger partial charge < -0.3 is 14.1 Å². The van der Waals surface area contributed by atoms with Crippen molar-refractivity contribution in [1.82, 2.24) is 0 Å². The number of hydrogen-bond acceptors (Lipinski definition) is 4. The normalized spacial score (nSPS) is 15.7. The molecule has 4 heterocycles. The first-order chi connectivity index (χ1) is 32.4. The summed E-state index contributed by atoms with van der Waals surface area (Å²) in [6.45, 7) is 16.5. The Morgan fingerprint density at radius 1 is 0.537 bits per heavy atom. The summed E-state index contributed by atoms with van der Waals surface area (Å²) in [6, 6.07) is 63.9. The maximum atomic E-state index is 7.17. The molecule has 5 heteroatoms. The fraction of sp³-hybridized carbons (Fsp3) is 0.194. The minimum Gasteiger partial charge on any atom is -0.455 e. The number of rotatable bonds is 4. The second-order valence-electron chi connectivity index (χ2n) is 21.5. The number of nitrogens with zero attached hydrogens (tertiary/aromatic N) is 2. The van der Waals surface area contributed by atoms with Crippen LogP contribution in [0.4, 0.5) is 27.8 Å². The van der Waals surface area contributed by atoms with Crippen molar-refractivity contribution >= 4 is 88.9 Å². The van der Waals surface area contributed by atoms with E-state index in [4.69, 9.17) is 4.42 Å². The lowest BCUT2D eigenvalue weighted by Gasteiger charge is -2.46. The van der Waals surface area contributed by atoms with E-state index in [1.807, 2.05) is 11.3 Å². The van der Waals surface area contributed by atoms with Crippen LogP contribution >= 0.6 is 11.3 Å². The summed E-state index contributed by atoms with van der Waals surface area (Å²) in [6.07, 6.45) is 2.33. The van der Waals surface area contributed by atoms with Crippen LogP contribution in [-0.2, 0) is 16.2 Å². The number of para-hydroxylation sites is 1. The summed E-state index contributed by atoms with van der Waals surface area (Å²) >= 11 is 1.92. The molecule has 0 amide bonds. The molecule has 2 aliphatic heterocycles. The molecule has 0 fully saturated rings. The van der Waals surface area contributed by atoms with Gasteiger partial charge in [0.05, 0.1) is 10.7 Å². The minimum atomic E-state index is -0.171. The molecule has 0 spiro atoms. The molecule has 3 aliphatic rings. The maximum absolute atomic E-state index is 7.17. The van der Waals surface area contributed by atoms with Gasteiger partial charge in [0.15, 0.2) is 0 Å². The molecule has 0 unspecified atom stereocenters. The molecule has 0 saturated carbocycles. The van der Waals surface area contributed by atoms with Crippen molar-refractivity contribution in [3.8, 4) is 33.4 Å². The number of anilines is 5. The second kappa shape index (κ2) is 14.3. The van der Waals surface area contributed by atoms with Crippen LogP contribution in [0.1, 0.15) is 78.0 Å². The molecular formula is C62H53BN2OS. The third-order valence-electron chi connectivity index (χ3n) is 15.5. The Labute approximate surface area is 398 Å². The third-order valence-corrected chi connectivity index (χ3v) is 16.7. The molecule has 1 aliphatic carbocycles. The monoisotopic (exact) mass is 884 g/mol. The SMILES string of the molecule is CC(C)(C)c1ccc(N2c3cc4c(oc5ccccc54)c4c3B(c3c2sc2ccccc32)N(c2ccc3c(c2)C(C)(C)CCC3(C)C)c2cc(-c3ccccc3)ccc2-4)c(-c2ccccc2)c1. The molecule has 13 rings (SSSR count). The van der Waals surface area contributed by atoms with Gasteiger partial charge >= 0.3 is 6.85 Å². The summed E-state index contributed by atoms with van der Waals surface area (Å²) in [4.78, 5) is 5.35. The molecule has 0 N–H and O–H groups in total. The summed E-state index contributed by atoms with van der Waals surface area (Å²) in [5.74, 6) is 0. The van der Waals surface area contributed by atoms with Gasteiger partial charge in [-0.2, -0.15) is 0 Å². The van der Waals surface area contributed by atoms with Gasteiger partial charge in [0.1, 0.15) is 11.2 Å². The topological polar surface area (TPSA) is 19.6 Å². The molecule has 10 aromatic rings. The Morgan fingerprint density at radius 2 is 1.22 bits per heavy atom. The highest BCUT2D eigenvalue weighted by Crippen LogP contribution is 2.55. The van der Waals surface area contributed by atoms with E-state index in [2.05, 4.69) is 228 Å². The van der Waals surface area contributed by atoms with Gasteiger partial charge in [0.2, 0.25) is 0 Å². The lowest BCUT2D eigenvalue weighted by atomic mass is 9.43. The Morgan fingerprint density at radius 3 is 1.99 bits per heavy atom. The first-order valence-corrected chi connectivity index (χ1v) is 24.8. The Bertz CT molecular complexity index is 3650. The van der Waals surface area contributed by atoms with Crippen LogP contribution in [0.15, 0.2) is 174 Å². The Kier molecular flexibility index (Phi) is 8.66. The predicted molar refractivity (Wildman–Crippen MR) is 288 cm³/mol. The van der Waals surface area contributed by atoms with Crippen LogP contribution in [0.2, 0.25) is 0 Å². The van der Waals surface area contributed by atoms with Crippen LogP contribution in [0, 0.1) is 0 Å². The van der Waals surface area contributed by atoms with Gasteiger partial charge in [-0.15, -0.1) is 11.3 Å². The predicted octanol–water partition coefficient (Wildman–Crippen LogP) is 16.5. The van der Waals surface area contributed by atoms with E-state index >= 15 is 0 Å². The number of fused-ring (bicyclic) bond motifs is 11. The van der Waals surface area contributed by atoms with Gasteiger partial charge in [-0.1, -0.05) is 170 Å². The highest BCUT2D eigenvalue weighted by Gasteiger charge is 2.49. The zero-order valence-corrected chi connectivity index (χ0v) is 40.2. The molecule has 3 nitrogen and oxygen atoms in total. The van der Waals surface area contributed by atoms with Crippen LogP contribution < -0.4 is 20.6 Å². The van der Waals surface area contributed by atoms with E-state index in [0.29, 0.717) is 0 Å². The maximum Gasteiger partial charge on any atom is 0.334 e. The van der Waals surface area contributed by atoms with E-state index in [0.717, 1.165) is 28.4 Å². The van der Waals surface area contributed by atoms with E-state index < -0.39 is 0 Å². The highest BCUT2D eigenvalue weighted by molar-refractivity contribution is 7.26. The standard InChI is InChI=1S/C62H53BN2OS/c1-60(2,3)41-27-31-50(46(35-41)39-20-12-9-13-21-39)64-52-37-47-43-22-14-16-24-53(43)66-58(47)55-44-29-26-40(38-18-10-8-11-19-38)34-51(44)65(42-28-30-48-49(36-42)62(6,7)33-32-61(48,4)5)63(57(52)55)56-45-23-15-17-25-54(45)67-59(56)64/h8-31,34-37H,32-33H2,1-7H3. The number of hydrogen-bond donors (Lipinski definition) is 0. The summed E-state index contributed by atoms with van der Waals surface area (Å²) in [5.41, 5.74) is 20.8. The lowest BCUT2D eigenvalue weighted by molar-refractivity contribution is 0.332. The van der Waals surface area contributed by atoms with Gasteiger partial charge in [-0.05, 0) is 127 Å². The number of thiophene rings is 1. The average molecular weight is 885 g/mol. The molecule has 67 heavy (non-hydrogen) atoms. The first-order valence-electron chi connectivity index (χ1n) is 24.0. The molecular weight excluding hydrogens is 832 g/mol. The molecule has 326 valence electrons. The summed E-state index contributed by atoms with van der Waals surface area (Å²) in [5, 5.41) is 4.81. The van der Waals surface area contributed by atoms with Crippen molar-refractivity contribution in [3.05, 3.63) is 187 Å². The fourth-order valence-electron chi connectivity index (χ4n) is 11.8. The molecule has 0 bridgehead atoms. The lowest BCUT2D eigenvalue weighted by Crippen LogP contribution is -2.61. The van der Waals surface area contributed by atoms with Gasteiger partial charge in [0, 0.05) is 49.2 Å². The van der Waals surface area contributed by atoms with Crippen molar-refractivity contribution < 1.29 is 4.42 Å². The second-order valence-corrected chi connectivity index (χ2v) is 22.6. The molecule has 0 saturated heterocycles. The van der Waals surface area contributed by atoms with Gasteiger partial charge in [-0.3, -0.25) is 0 Å². The van der Waals surface area contributed by atoms with Gasteiger partial charge in [-0.25, -0.2) is 0 Å². The van der Waals surface area contributed by atoms with E-state index in [1.54, 1.807) is 0 Å². The smallest absolute Gasteiger partial charge is 0.334 e.